The molecular formula is C10H20N4O3S2. The summed E-state index contributed by atoms with van der Waals surface area (Å²) in [5.41, 5.74) is 6.09. The molecule has 3 N–H and O–H groups in total. The lowest BCUT2D eigenvalue weighted by Crippen LogP contribution is -2.28. The third-order valence-corrected chi connectivity index (χ3v) is 5.98. The number of nitrogen functional groups attached to an aromatic ring is 1. The Kier molecular flexibility index (Phi) is 5.11. The number of aromatic nitrogens is 2. The number of rotatable bonds is 6. The van der Waals surface area contributed by atoms with Gasteiger partial charge in [-0.1, -0.05) is 6.92 Å². The maximum absolute atomic E-state index is 12.1. The Morgan fingerprint density at radius 2 is 2.11 bits per heavy atom. The topological polar surface area (TPSA) is 107 Å². The SMILES string of the molecule is Cc1c(S(=O)(=O)NCCC(C)S(C)=O)c(N)nn1C. The van der Waals surface area contributed by atoms with E-state index in [0.717, 1.165) is 0 Å². The number of hydrogen-bond donors (Lipinski definition) is 2. The second-order valence-corrected chi connectivity index (χ2v) is 7.92. The van der Waals surface area contributed by atoms with E-state index in [1.807, 2.05) is 6.92 Å². The highest BCUT2D eigenvalue weighted by molar-refractivity contribution is 7.89. The molecule has 0 aliphatic heterocycles. The quantitative estimate of drug-likeness (QED) is 0.753. The zero-order valence-electron chi connectivity index (χ0n) is 11.5. The Labute approximate surface area is 116 Å². The van der Waals surface area contributed by atoms with Gasteiger partial charge in [-0.3, -0.25) is 8.89 Å². The van der Waals surface area contributed by atoms with Gasteiger partial charge in [0.15, 0.2) is 5.82 Å². The van der Waals surface area contributed by atoms with Gasteiger partial charge in [-0.05, 0) is 13.3 Å². The second-order valence-electron chi connectivity index (χ2n) is 4.42. The van der Waals surface area contributed by atoms with E-state index in [4.69, 9.17) is 5.73 Å². The third-order valence-electron chi connectivity index (χ3n) is 2.98. The molecule has 0 saturated heterocycles. The predicted octanol–water partition coefficient (Wildman–Crippen LogP) is -0.254. The minimum absolute atomic E-state index is 0.0141. The Balaban J connectivity index is 2.80. The molecule has 2 unspecified atom stereocenters. The monoisotopic (exact) mass is 308 g/mol. The van der Waals surface area contributed by atoms with Crippen LogP contribution in [0, 0.1) is 6.92 Å². The van der Waals surface area contributed by atoms with Crippen LogP contribution in [0.5, 0.6) is 0 Å². The molecule has 19 heavy (non-hydrogen) atoms. The highest BCUT2D eigenvalue weighted by Crippen LogP contribution is 2.20. The maximum Gasteiger partial charge on any atom is 0.246 e. The molecule has 1 aromatic rings. The number of nitrogens with one attached hydrogen (secondary N) is 1. The highest BCUT2D eigenvalue weighted by Gasteiger charge is 2.24. The molecule has 0 aliphatic carbocycles. The molecule has 1 aromatic heterocycles. The molecule has 110 valence electrons. The Hall–Kier alpha value is -0.930. The number of sulfonamides is 1. The average molecular weight is 308 g/mol. The summed E-state index contributed by atoms with van der Waals surface area (Å²) in [5, 5.41) is 3.81. The fourth-order valence-corrected chi connectivity index (χ4v) is 3.40. The fraction of sp³-hybridized carbons (Fsp3) is 0.700. The van der Waals surface area contributed by atoms with Crippen LogP contribution in [-0.2, 0) is 27.9 Å². The van der Waals surface area contributed by atoms with Gasteiger partial charge in [0.05, 0.1) is 5.69 Å². The lowest BCUT2D eigenvalue weighted by Gasteiger charge is -2.10. The second kappa shape index (κ2) is 6.02. The van der Waals surface area contributed by atoms with Crippen molar-refractivity contribution in [2.75, 3.05) is 18.5 Å². The smallest absolute Gasteiger partial charge is 0.246 e. The molecule has 1 rings (SSSR count). The summed E-state index contributed by atoms with van der Waals surface area (Å²) in [7, 11) is -3.01. The minimum atomic E-state index is -3.68. The summed E-state index contributed by atoms with van der Waals surface area (Å²) >= 11 is 0. The molecule has 9 heteroatoms. The number of aryl methyl sites for hydroxylation is 1. The van der Waals surface area contributed by atoms with Gasteiger partial charge in [-0.15, -0.1) is 0 Å². The van der Waals surface area contributed by atoms with Crippen LogP contribution in [0.4, 0.5) is 5.82 Å². The first-order valence-corrected chi connectivity index (χ1v) is 8.88. The Morgan fingerprint density at radius 1 is 1.53 bits per heavy atom. The van der Waals surface area contributed by atoms with Crippen LogP contribution in [0.25, 0.3) is 0 Å². The van der Waals surface area contributed by atoms with Crippen molar-refractivity contribution in [1.82, 2.24) is 14.5 Å². The summed E-state index contributed by atoms with van der Waals surface area (Å²) in [6, 6.07) is 0. The van der Waals surface area contributed by atoms with Crippen LogP contribution >= 0.6 is 0 Å². The van der Waals surface area contributed by atoms with Gasteiger partial charge in [0, 0.05) is 35.9 Å². The minimum Gasteiger partial charge on any atom is -0.381 e. The van der Waals surface area contributed by atoms with E-state index >= 15 is 0 Å². The molecule has 1 heterocycles. The van der Waals surface area contributed by atoms with Crippen molar-refractivity contribution in [2.24, 2.45) is 7.05 Å². The number of hydrogen-bond acceptors (Lipinski definition) is 5. The molecule has 0 bridgehead atoms. The first-order chi connectivity index (χ1) is 8.66. The average Bonchev–Trinajstić information content (AvgIpc) is 2.52. The summed E-state index contributed by atoms with van der Waals surface area (Å²) in [6.07, 6.45) is 2.10. The van der Waals surface area contributed by atoms with E-state index in [9.17, 15) is 12.6 Å². The number of nitrogens with zero attached hydrogens (tertiary/aromatic N) is 2. The Morgan fingerprint density at radius 3 is 2.53 bits per heavy atom. The van der Waals surface area contributed by atoms with Gasteiger partial charge in [0.2, 0.25) is 10.0 Å². The van der Waals surface area contributed by atoms with E-state index in [1.54, 1.807) is 20.2 Å². The van der Waals surface area contributed by atoms with Gasteiger partial charge in [0.1, 0.15) is 4.90 Å². The van der Waals surface area contributed by atoms with Crippen molar-refractivity contribution >= 4 is 26.6 Å². The number of anilines is 1. The van der Waals surface area contributed by atoms with Crippen LogP contribution < -0.4 is 10.5 Å². The van der Waals surface area contributed by atoms with Gasteiger partial charge in [0.25, 0.3) is 0 Å². The fourth-order valence-electron chi connectivity index (χ4n) is 1.58. The van der Waals surface area contributed by atoms with Gasteiger partial charge >= 0.3 is 0 Å². The summed E-state index contributed by atoms with van der Waals surface area (Å²) in [6.45, 7) is 3.67. The van der Waals surface area contributed by atoms with Crippen molar-refractivity contribution in [3.8, 4) is 0 Å². The normalized spacial score (nSPS) is 15.4. The van der Waals surface area contributed by atoms with Crippen LogP contribution in [0.1, 0.15) is 19.0 Å². The lowest BCUT2D eigenvalue weighted by atomic mass is 10.3. The predicted molar refractivity (Wildman–Crippen MR) is 75.7 cm³/mol. The first kappa shape index (κ1) is 16.1. The van der Waals surface area contributed by atoms with Crippen molar-refractivity contribution in [3.05, 3.63) is 5.69 Å². The highest BCUT2D eigenvalue weighted by atomic mass is 32.2. The van der Waals surface area contributed by atoms with Crippen LogP contribution in [-0.4, -0.2) is 40.5 Å². The van der Waals surface area contributed by atoms with Crippen molar-refractivity contribution in [2.45, 2.75) is 30.4 Å². The van der Waals surface area contributed by atoms with E-state index in [0.29, 0.717) is 12.1 Å². The van der Waals surface area contributed by atoms with Gasteiger partial charge in [-0.2, -0.15) is 5.10 Å². The van der Waals surface area contributed by atoms with Crippen molar-refractivity contribution in [1.29, 1.82) is 0 Å². The molecular weight excluding hydrogens is 288 g/mol. The van der Waals surface area contributed by atoms with Crippen LogP contribution in [0.2, 0.25) is 0 Å². The first-order valence-electron chi connectivity index (χ1n) is 5.77. The van der Waals surface area contributed by atoms with E-state index in [2.05, 4.69) is 9.82 Å². The molecule has 0 fully saturated rings. The lowest BCUT2D eigenvalue weighted by molar-refractivity contribution is 0.577. The number of nitrogens with two attached hydrogens (primary N) is 1. The summed E-state index contributed by atoms with van der Waals surface area (Å²) in [4.78, 5) is 0.0141. The third kappa shape index (κ3) is 3.77. The molecule has 7 nitrogen and oxygen atoms in total. The summed E-state index contributed by atoms with van der Waals surface area (Å²) < 4.78 is 39.3. The van der Waals surface area contributed by atoms with Crippen LogP contribution in [0.3, 0.4) is 0 Å². The van der Waals surface area contributed by atoms with Crippen LogP contribution in [0.15, 0.2) is 4.90 Å². The molecule has 0 saturated carbocycles. The van der Waals surface area contributed by atoms with Gasteiger partial charge < -0.3 is 5.73 Å². The van der Waals surface area contributed by atoms with Crippen molar-refractivity contribution in [3.63, 3.8) is 0 Å². The summed E-state index contributed by atoms with van der Waals surface area (Å²) in [5.74, 6) is -0.0142. The largest absolute Gasteiger partial charge is 0.381 e. The zero-order chi connectivity index (χ0) is 14.8. The van der Waals surface area contributed by atoms with Gasteiger partial charge in [-0.25, -0.2) is 13.1 Å². The zero-order valence-corrected chi connectivity index (χ0v) is 13.1. The molecule has 0 aromatic carbocycles. The molecule has 2 atom stereocenters. The molecule has 0 spiro atoms. The molecule has 0 aliphatic rings. The van der Waals surface area contributed by atoms with Crippen molar-refractivity contribution < 1.29 is 12.6 Å². The maximum atomic E-state index is 12.1. The van der Waals surface area contributed by atoms with E-state index in [-0.39, 0.29) is 22.5 Å². The molecule has 0 amide bonds. The van der Waals surface area contributed by atoms with E-state index in [1.165, 1.54) is 4.68 Å². The van der Waals surface area contributed by atoms with E-state index < -0.39 is 20.8 Å². The standard InChI is InChI=1S/C10H20N4O3S2/c1-7(18(4)15)5-6-12-19(16,17)9-8(2)14(3)13-10(9)11/h7,12H,5-6H2,1-4H3,(H2,11,13). The molecule has 0 radical (unpaired) electrons. The Bertz CT molecular complexity index is 580.